The van der Waals surface area contributed by atoms with E-state index in [1.807, 2.05) is 0 Å². The molecule has 0 amide bonds. The van der Waals surface area contributed by atoms with E-state index in [0.29, 0.717) is 23.4 Å². The number of nitrogens with two attached hydrogens (primary N) is 1. The van der Waals surface area contributed by atoms with Crippen LogP contribution in [0.1, 0.15) is 25.7 Å². The Bertz CT molecular complexity index is 647. The Kier molecular flexibility index (Phi) is 3.93. The summed E-state index contributed by atoms with van der Waals surface area (Å²) in [6, 6.07) is 4.58. The molecule has 1 aromatic carbocycles. The Morgan fingerprint density at radius 3 is 2.71 bits per heavy atom. The van der Waals surface area contributed by atoms with E-state index in [1.54, 1.807) is 19.2 Å². The van der Waals surface area contributed by atoms with Gasteiger partial charge >= 0.3 is 0 Å². The minimum absolute atomic E-state index is 0.112. The molecule has 4 nitrogen and oxygen atoms in total. The molecule has 2 N–H and O–H groups in total. The molecule has 21 heavy (non-hydrogen) atoms. The Morgan fingerprint density at radius 1 is 1.33 bits per heavy atom. The maximum absolute atomic E-state index is 12.7. The zero-order chi connectivity index (χ0) is 15.2. The Hall–Kier alpha value is -0.780. The van der Waals surface area contributed by atoms with Crippen LogP contribution in [0.3, 0.4) is 0 Å². The number of nitrogen functional groups attached to an aromatic ring is 1. The van der Waals surface area contributed by atoms with Gasteiger partial charge in [-0.1, -0.05) is 18.0 Å². The van der Waals surface area contributed by atoms with Gasteiger partial charge in [-0.25, -0.2) is 12.7 Å². The molecule has 0 aromatic heterocycles. The van der Waals surface area contributed by atoms with Crippen molar-refractivity contribution in [2.45, 2.75) is 30.6 Å². The number of benzene rings is 1. The Labute approximate surface area is 131 Å². The van der Waals surface area contributed by atoms with Gasteiger partial charge in [-0.05, 0) is 55.2 Å². The van der Waals surface area contributed by atoms with Crippen LogP contribution in [0.5, 0.6) is 0 Å². The van der Waals surface area contributed by atoms with Gasteiger partial charge in [0.25, 0.3) is 0 Å². The van der Waals surface area contributed by atoms with Gasteiger partial charge in [-0.3, -0.25) is 0 Å². The zero-order valence-electron chi connectivity index (χ0n) is 12.1. The van der Waals surface area contributed by atoms with Gasteiger partial charge in [0.05, 0.1) is 5.69 Å². The predicted octanol–water partition coefficient (Wildman–Crippen LogP) is 2.98. The van der Waals surface area contributed by atoms with E-state index < -0.39 is 10.0 Å². The molecule has 3 unspecified atom stereocenters. The van der Waals surface area contributed by atoms with Crippen LogP contribution in [0, 0.1) is 17.8 Å². The van der Waals surface area contributed by atoms with Crippen LogP contribution in [-0.2, 0) is 10.0 Å². The third-order valence-electron chi connectivity index (χ3n) is 5.04. The summed E-state index contributed by atoms with van der Waals surface area (Å²) >= 11 is 5.91. The van der Waals surface area contributed by atoms with Gasteiger partial charge < -0.3 is 5.73 Å². The molecule has 2 aliphatic rings. The van der Waals surface area contributed by atoms with Crippen molar-refractivity contribution in [1.82, 2.24) is 4.31 Å². The van der Waals surface area contributed by atoms with Crippen molar-refractivity contribution >= 4 is 27.3 Å². The first kappa shape index (κ1) is 15.1. The van der Waals surface area contributed by atoms with Gasteiger partial charge in [0, 0.05) is 18.6 Å². The molecular weight excluding hydrogens is 308 g/mol. The van der Waals surface area contributed by atoms with Crippen molar-refractivity contribution in [1.29, 1.82) is 0 Å². The number of rotatable bonds is 4. The minimum atomic E-state index is -3.57. The second-order valence-electron chi connectivity index (χ2n) is 6.40. The lowest BCUT2D eigenvalue weighted by atomic mass is 9.89. The number of fused-ring (bicyclic) bond motifs is 2. The summed E-state index contributed by atoms with van der Waals surface area (Å²) in [4.78, 5) is 0.112. The van der Waals surface area contributed by atoms with Crippen LogP contribution >= 0.6 is 11.6 Å². The first-order chi connectivity index (χ1) is 9.88. The van der Waals surface area contributed by atoms with Gasteiger partial charge in [0.2, 0.25) is 10.0 Å². The first-order valence-corrected chi connectivity index (χ1v) is 9.21. The number of sulfonamides is 1. The predicted molar refractivity (Wildman–Crippen MR) is 84.6 cm³/mol. The molecule has 2 bridgehead atoms. The number of hydrogen-bond acceptors (Lipinski definition) is 3. The maximum atomic E-state index is 12.7. The number of nitrogens with zero attached hydrogens (tertiary/aromatic N) is 1. The van der Waals surface area contributed by atoms with Crippen molar-refractivity contribution in [2.75, 3.05) is 19.3 Å². The Morgan fingerprint density at radius 2 is 2.10 bits per heavy atom. The lowest BCUT2D eigenvalue weighted by Gasteiger charge is -2.27. The quantitative estimate of drug-likeness (QED) is 0.864. The smallest absolute Gasteiger partial charge is 0.244 e. The fourth-order valence-corrected chi connectivity index (χ4v) is 5.53. The molecule has 0 saturated heterocycles. The molecule has 0 radical (unpaired) electrons. The van der Waals surface area contributed by atoms with Crippen LogP contribution in [0.2, 0.25) is 5.02 Å². The Balaban J connectivity index is 1.79. The number of hydrogen-bond donors (Lipinski definition) is 1. The molecule has 1 aromatic rings. The van der Waals surface area contributed by atoms with Crippen LogP contribution in [0.25, 0.3) is 0 Å². The van der Waals surface area contributed by atoms with Crippen LogP contribution in [0.4, 0.5) is 5.69 Å². The highest BCUT2D eigenvalue weighted by molar-refractivity contribution is 7.89. The third kappa shape index (κ3) is 2.79. The van der Waals surface area contributed by atoms with Crippen LogP contribution < -0.4 is 5.73 Å². The summed E-state index contributed by atoms with van der Waals surface area (Å²) in [7, 11) is -1.93. The largest absolute Gasteiger partial charge is 0.398 e. The average Bonchev–Trinajstić information content (AvgIpc) is 3.03. The lowest BCUT2D eigenvalue weighted by Crippen LogP contribution is -2.34. The molecule has 6 heteroatoms. The van der Waals surface area contributed by atoms with Crippen LogP contribution in [-0.4, -0.2) is 26.3 Å². The first-order valence-electron chi connectivity index (χ1n) is 7.39. The highest BCUT2D eigenvalue weighted by Crippen LogP contribution is 2.48. The zero-order valence-corrected chi connectivity index (χ0v) is 13.7. The normalized spacial score (nSPS) is 28.4. The molecule has 0 heterocycles. The molecule has 0 aliphatic heterocycles. The van der Waals surface area contributed by atoms with Crippen LogP contribution in [0.15, 0.2) is 23.1 Å². The fourth-order valence-electron chi connectivity index (χ4n) is 3.93. The minimum Gasteiger partial charge on any atom is -0.398 e. The molecule has 2 aliphatic carbocycles. The van der Waals surface area contributed by atoms with Crippen molar-refractivity contribution in [3.63, 3.8) is 0 Å². The summed E-state index contributed by atoms with van der Waals surface area (Å²) in [5.74, 6) is 2.00. The van der Waals surface area contributed by atoms with E-state index >= 15 is 0 Å². The van der Waals surface area contributed by atoms with E-state index in [0.717, 1.165) is 12.3 Å². The molecule has 116 valence electrons. The van der Waals surface area contributed by atoms with Gasteiger partial charge in [-0.2, -0.15) is 0 Å². The van der Waals surface area contributed by atoms with E-state index in [9.17, 15) is 8.42 Å². The summed E-state index contributed by atoms with van der Waals surface area (Å²) in [5.41, 5.74) is 6.07. The standard InChI is InChI=1S/C15H21ClN2O2S/c1-18(9-12-7-10-2-3-11(12)6-10)21(19,20)15-8-13(16)4-5-14(15)17/h4-5,8,10-12H,2-3,6-7,9,17H2,1H3. The topological polar surface area (TPSA) is 63.4 Å². The number of anilines is 1. The van der Waals surface area contributed by atoms with Crippen molar-refractivity contribution < 1.29 is 8.42 Å². The molecule has 0 spiro atoms. The second-order valence-corrected chi connectivity index (χ2v) is 8.85. The van der Waals surface area contributed by atoms with E-state index in [1.165, 1.54) is 29.6 Å². The van der Waals surface area contributed by atoms with E-state index in [2.05, 4.69) is 0 Å². The van der Waals surface area contributed by atoms with Gasteiger partial charge in [0.1, 0.15) is 4.90 Å². The molecule has 3 atom stereocenters. The third-order valence-corrected chi connectivity index (χ3v) is 7.15. The van der Waals surface area contributed by atoms with E-state index in [-0.39, 0.29) is 10.6 Å². The van der Waals surface area contributed by atoms with E-state index in [4.69, 9.17) is 17.3 Å². The monoisotopic (exact) mass is 328 g/mol. The molecule has 2 fully saturated rings. The van der Waals surface area contributed by atoms with Gasteiger partial charge in [0.15, 0.2) is 0 Å². The lowest BCUT2D eigenvalue weighted by molar-refractivity contribution is 0.280. The van der Waals surface area contributed by atoms with Crippen molar-refractivity contribution in [3.05, 3.63) is 23.2 Å². The molecular formula is C15H21ClN2O2S. The average molecular weight is 329 g/mol. The summed E-state index contributed by atoms with van der Waals surface area (Å²) in [6.45, 7) is 0.579. The second kappa shape index (κ2) is 5.45. The highest BCUT2D eigenvalue weighted by Gasteiger charge is 2.41. The van der Waals surface area contributed by atoms with Crippen molar-refractivity contribution in [2.24, 2.45) is 17.8 Å². The fraction of sp³-hybridized carbons (Fsp3) is 0.600. The summed E-state index contributed by atoms with van der Waals surface area (Å²) in [6.07, 6.45) is 5.01. The van der Waals surface area contributed by atoms with Crippen molar-refractivity contribution in [3.8, 4) is 0 Å². The molecule has 2 saturated carbocycles. The maximum Gasteiger partial charge on any atom is 0.244 e. The van der Waals surface area contributed by atoms with Gasteiger partial charge in [-0.15, -0.1) is 0 Å². The summed E-state index contributed by atoms with van der Waals surface area (Å²) < 4.78 is 26.8. The molecule has 3 rings (SSSR count). The number of halogens is 1. The highest BCUT2D eigenvalue weighted by atomic mass is 35.5. The SMILES string of the molecule is CN(CC1CC2CCC1C2)S(=O)(=O)c1cc(Cl)ccc1N. The summed E-state index contributed by atoms with van der Waals surface area (Å²) in [5, 5.41) is 0.385.